The van der Waals surface area contributed by atoms with Crippen molar-refractivity contribution >= 4 is 23.0 Å². The smallest absolute Gasteiger partial charge is 0.274 e. The SMILES string of the molecule is CC(C)c1ccc(NC(=O)c2ccc(Nc3cccc(F)c3)cn2)cc1. The van der Waals surface area contributed by atoms with Crippen LogP contribution in [0.25, 0.3) is 0 Å². The van der Waals surface area contributed by atoms with Gasteiger partial charge in [0.1, 0.15) is 11.5 Å². The average Bonchev–Trinajstić information content (AvgIpc) is 2.63. The molecular formula is C21H20FN3O. The van der Waals surface area contributed by atoms with Gasteiger partial charge in [0.25, 0.3) is 5.91 Å². The van der Waals surface area contributed by atoms with Crippen molar-refractivity contribution in [3.63, 3.8) is 0 Å². The summed E-state index contributed by atoms with van der Waals surface area (Å²) in [5.41, 5.74) is 3.54. The summed E-state index contributed by atoms with van der Waals surface area (Å²) in [6.07, 6.45) is 1.54. The van der Waals surface area contributed by atoms with Gasteiger partial charge < -0.3 is 10.6 Å². The second-order valence-corrected chi connectivity index (χ2v) is 6.30. The van der Waals surface area contributed by atoms with E-state index in [1.54, 1.807) is 30.5 Å². The Hall–Kier alpha value is -3.21. The Morgan fingerprint density at radius 3 is 2.31 bits per heavy atom. The fourth-order valence-electron chi connectivity index (χ4n) is 2.48. The first-order chi connectivity index (χ1) is 12.5. The number of halogens is 1. The van der Waals surface area contributed by atoms with Crippen LogP contribution in [0.3, 0.4) is 0 Å². The van der Waals surface area contributed by atoms with E-state index in [4.69, 9.17) is 0 Å². The standard InChI is InChI=1S/C21H20FN3O/c1-14(2)15-6-8-17(9-7-15)25-21(26)20-11-10-19(13-23-20)24-18-5-3-4-16(22)12-18/h3-14,24H,1-2H3,(H,25,26). The van der Waals surface area contributed by atoms with Gasteiger partial charge in [0.2, 0.25) is 0 Å². The van der Waals surface area contributed by atoms with E-state index in [0.29, 0.717) is 23.0 Å². The maximum atomic E-state index is 13.2. The topological polar surface area (TPSA) is 54.0 Å². The summed E-state index contributed by atoms with van der Waals surface area (Å²) in [5.74, 6) is -0.151. The molecule has 132 valence electrons. The van der Waals surface area contributed by atoms with Crippen LogP contribution in [0.4, 0.5) is 21.5 Å². The van der Waals surface area contributed by atoms with Crippen LogP contribution in [0.1, 0.15) is 35.8 Å². The average molecular weight is 349 g/mol. The number of anilines is 3. The van der Waals surface area contributed by atoms with Crippen LogP contribution in [-0.2, 0) is 0 Å². The molecule has 4 nitrogen and oxygen atoms in total. The van der Waals surface area contributed by atoms with Crippen LogP contribution in [0.5, 0.6) is 0 Å². The fraction of sp³-hybridized carbons (Fsp3) is 0.143. The molecule has 5 heteroatoms. The molecule has 1 aromatic heterocycles. The predicted molar refractivity (Wildman–Crippen MR) is 102 cm³/mol. The van der Waals surface area contributed by atoms with Crippen LogP contribution in [0, 0.1) is 5.82 Å². The highest BCUT2D eigenvalue weighted by atomic mass is 19.1. The van der Waals surface area contributed by atoms with Crippen LogP contribution in [0.15, 0.2) is 66.9 Å². The molecule has 0 aliphatic heterocycles. The number of hydrogen-bond donors (Lipinski definition) is 2. The second kappa shape index (κ2) is 7.78. The first-order valence-electron chi connectivity index (χ1n) is 8.41. The zero-order valence-corrected chi connectivity index (χ0v) is 14.7. The van der Waals surface area contributed by atoms with Crippen LogP contribution < -0.4 is 10.6 Å². The number of hydrogen-bond acceptors (Lipinski definition) is 3. The van der Waals surface area contributed by atoms with Crippen molar-refractivity contribution in [2.45, 2.75) is 19.8 Å². The number of amides is 1. The van der Waals surface area contributed by atoms with Crippen molar-refractivity contribution in [2.75, 3.05) is 10.6 Å². The summed E-state index contributed by atoms with van der Waals surface area (Å²) >= 11 is 0. The number of carbonyl (C=O) groups is 1. The van der Waals surface area contributed by atoms with Crippen LogP contribution in [-0.4, -0.2) is 10.9 Å². The number of nitrogens with zero attached hydrogens (tertiary/aromatic N) is 1. The third-order valence-corrected chi connectivity index (χ3v) is 3.94. The zero-order chi connectivity index (χ0) is 18.5. The number of benzene rings is 2. The minimum atomic E-state index is -0.317. The lowest BCUT2D eigenvalue weighted by Crippen LogP contribution is -2.13. The van der Waals surface area contributed by atoms with Gasteiger partial charge in [-0.2, -0.15) is 0 Å². The highest BCUT2D eigenvalue weighted by Crippen LogP contribution is 2.19. The molecule has 0 atom stereocenters. The normalized spacial score (nSPS) is 10.6. The molecule has 2 N–H and O–H groups in total. The molecule has 0 saturated carbocycles. The van der Waals surface area contributed by atoms with E-state index < -0.39 is 0 Å². The molecule has 1 heterocycles. The molecule has 0 bridgehead atoms. The first kappa shape index (κ1) is 17.6. The Bertz CT molecular complexity index is 890. The molecular weight excluding hydrogens is 329 g/mol. The van der Waals surface area contributed by atoms with Crippen molar-refractivity contribution in [2.24, 2.45) is 0 Å². The van der Waals surface area contributed by atoms with Gasteiger partial charge in [-0.15, -0.1) is 0 Å². The maximum Gasteiger partial charge on any atom is 0.274 e. The molecule has 0 spiro atoms. The van der Waals surface area contributed by atoms with E-state index in [2.05, 4.69) is 29.5 Å². The fourth-order valence-corrected chi connectivity index (χ4v) is 2.48. The lowest BCUT2D eigenvalue weighted by Gasteiger charge is -2.09. The number of pyridine rings is 1. The summed E-state index contributed by atoms with van der Waals surface area (Å²) < 4.78 is 13.2. The van der Waals surface area contributed by atoms with Gasteiger partial charge in [0.15, 0.2) is 0 Å². The zero-order valence-electron chi connectivity index (χ0n) is 14.7. The highest BCUT2D eigenvalue weighted by molar-refractivity contribution is 6.02. The van der Waals surface area contributed by atoms with Gasteiger partial charge in [-0.25, -0.2) is 9.37 Å². The molecule has 3 aromatic rings. The van der Waals surface area contributed by atoms with Crippen molar-refractivity contribution in [1.82, 2.24) is 4.98 Å². The quantitative estimate of drug-likeness (QED) is 0.654. The van der Waals surface area contributed by atoms with Crippen molar-refractivity contribution < 1.29 is 9.18 Å². The molecule has 3 rings (SSSR count). The molecule has 0 saturated heterocycles. The number of rotatable bonds is 5. The van der Waals surface area contributed by atoms with E-state index in [0.717, 1.165) is 5.69 Å². The largest absolute Gasteiger partial charge is 0.354 e. The monoisotopic (exact) mass is 349 g/mol. The highest BCUT2D eigenvalue weighted by Gasteiger charge is 2.08. The van der Waals surface area contributed by atoms with Crippen molar-refractivity contribution in [1.29, 1.82) is 0 Å². The Labute approximate surface area is 152 Å². The van der Waals surface area contributed by atoms with Crippen molar-refractivity contribution in [3.8, 4) is 0 Å². The summed E-state index contributed by atoms with van der Waals surface area (Å²) in [5, 5.41) is 5.87. The molecule has 0 aliphatic rings. The molecule has 26 heavy (non-hydrogen) atoms. The minimum Gasteiger partial charge on any atom is -0.354 e. The molecule has 0 aliphatic carbocycles. The maximum absolute atomic E-state index is 13.2. The lowest BCUT2D eigenvalue weighted by atomic mass is 10.0. The third-order valence-electron chi connectivity index (χ3n) is 3.94. The Morgan fingerprint density at radius 2 is 1.69 bits per heavy atom. The van der Waals surface area contributed by atoms with Gasteiger partial charge in [0, 0.05) is 11.4 Å². The molecule has 1 amide bonds. The van der Waals surface area contributed by atoms with Gasteiger partial charge >= 0.3 is 0 Å². The summed E-state index contributed by atoms with van der Waals surface area (Å²) in [6, 6.07) is 17.3. The van der Waals surface area contributed by atoms with Gasteiger partial charge in [-0.3, -0.25) is 4.79 Å². The van der Waals surface area contributed by atoms with E-state index >= 15 is 0 Å². The van der Waals surface area contributed by atoms with Crippen molar-refractivity contribution in [3.05, 3.63) is 83.9 Å². The van der Waals surface area contributed by atoms with E-state index in [1.807, 2.05) is 24.3 Å². The Morgan fingerprint density at radius 1 is 0.962 bits per heavy atom. The van der Waals surface area contributed by atoms with E-state index in [-0.39, 0.29) is 11.7 Å². The minimum absolute atomic E-state index is 0.278. The van der Waals surface area contributed by atoms with Crippen LogP contribution in [0.2, 0.25) is 0 Å². The number of carbonyl (C=O) groups excluding carboxylic acids is 1. The molecule has 0 radical (unpaired) electrons. The lowest BCUT2D eigenvalue weighted by molar-refractivity contribution is 0.102. The summed E-state index contributed by atoms with van der Waals surface area (Å²) in [4.78, 5) is 16.5. The van der Waals surface area contributed by atoms with Gasteiger partial charge in [0.05, 0.1) is 11.9 Å². The Balaban J connectivity index is 1.65. The summed E-state index contributed by atoms with van der Waals surface area (Å²) in [7, 11) is 0. The predicted octanol–water partition coefficient (Wildman–Crippen LogP) is 5.34. The second-order valence-electron chi connectivity index (χ2n) is 6.30. The van der Waals surface area contributed by atoms with Gasteiger partial charge in [-0.1, -0.05) is 32.0 Å². The molecule has 2 aromatic carbocycles. The Kier molecular flexibility index (Phi) is 5.27. The summed E-state index contributed by atoms with van der Waals surface area (Å²) in [6.45, 7) is 4.24. The first-order valence-corrected chi connectivity index (χ1v) is 8.41. The van der Waals surface area contributed by atoms with E-state index in [9.17, 15) is 9.18 Å². The number of nitrogens with one attached hydrogen (secondary N) is 2. The molecule has 0 unspecified atom stereocenters. The van der Waals surface area contributed by atoms with Gasteiger partial charge in [-0.05, 0) is 53.9 Å². The van der Waals surface area contributed by atoms with E-state index in [1.165, 1.54) is 17.7 Å². The third kappa shape index (κ3) is 4.45. The number of aromatic nitrogens is 1. The van der Waals surface area contributed by atoms with Crippen LogP contribution >= 0.6 is 0 Å². The molecule has 0 fully saturated rings.